The van der Waals surface area contributed by atoms with Gasteiger partial charge in [0, 0.05) is 10.7 Å². The number of esters is 1. The lowest BCUT2D eigenvalue weighted by molar-refractivity contribution is 0.0469. The van der Waals surface area contributed by atoms with Gasteiger partial charge in [-0.3, -0.25) is 0 Å². The number of hydrogen-bond acceptors (Lipinski definition) is 4. The summed E-state index contributed by atoms with van der Waals surface area (Å²) < 4.78 is 10.7. The molecule has 0 spiro atoms. The molecule has 2 rings (SSSR count). The summed E-state index contributed by atoms with van der Waals surface area (Å²) in [5.74, 6) is -0.0925. The highest BCUT2D eigenvalue weighted by atomic mass is 35.5. The van der Waals surface area contributed by atoms with Gasteiger partial charge in [-0.05, 0) is 36.8 Å². The second kappa shape index (κ2) is 6.99. The van der Waals surface area contributed by atoms with E-state index in [1.54, 1.807) is 36.4 Å². The largest absolute Gasteiger partial charge is 0.493 e. The zero-order valence-electron chi connectivity index (χ0n) is 11.6. The maximum absolute atomic E-state index is 12.2. The van der Waals surface area contributed by atoms with Crippen LogP contribution < -0.4 is 10.5 Å². The van der Waals surface area contributed by atoms with Crippen LogP contribution in [0.5, 0.6) is 5.75 Å². The van der Waals surface area contributed by atoms with Crippen molar-refractivity contribution >= 4 is 23.3 Å². The first-order valence-corrected chi connectivity index (χ1v) is 6.92. The molecule has 2 aromatic rings. The number of nitrogen functional groups attached to an aromatic ring is 1. The van der Waals surface area contributed by atoms with Crippen molar-refractivity contribution in [2.45, 2.75) is 13.5 Å². The molecule has 110 valence electrons. The van der Waals surface area contributed by atoms with Gasteiger partial charge >= 0.3 is 5.97 Å². The summed E-state index contributed by atoms with van der Waals surface area (Å²) in [6.45, 7) is 2.40. The predicted octanol–water partition coefficient (Wildman–Crippen LogP) is 3.68. The average molecular weight is 306 g/mol. The molecule has 0 unspecified atom stereocenters. The maximum Gasteiger partial charge on any atom is 0.344 e. The minimum atomic E-state index is -0.517. The predicted molar refractivity (Wildman–Crippen MR) is 82.6 cm³/mol. The topological polar surface area (TPSA) is 61.5 Å². The summed E-state index contributed by atoms with van der Waals surface area (Å²) in [4.78, 5) is 12.2. The third-order valence-corrected chi connectivity index (χ3v) is 3.06. The van der Waals surface area contributed by atoms with E-state index >= 15 is 0 Å². The van der Waals surface area contributed by atoms with E-state index in [1.807, 2.05) is 13.0 Å². The summed E-state index contributed by atoms with van der Waals surface area (Å²) in [7, 11) is 0. The fraction of sp³-hybridized carbons (Fsp3) is 0.188. The molecule has 2 N–H and O–H groups in total. The third-order valence-electron chi connectivity index (χ3n) is 2.82. The van der Waals surface area contributed by atoms with E-state index < -0.39 is 5.97 Å². The summed E-state index contributed by atoms with van der Waals surface area (Å²) >= 11 is 5.89. The molecule has 2 aromatic carbocycles. The van der Waals surface area contributed by atoms with Crippen molar-refractivity contribution in [3.05, 3.63) is 58.6 Å². The van der Waals surface area contributed by atoms with Crippen molar-refractivity contribution in [3.8, 4) is 5.75 Å². The number of ether oxygens (including phenoxy) is 2. The minimum Gasteiger partial charge on any atom is -0.493 e. The molecule has 0 aliphatic heterocycles. The Bertz CT molecular complexity index is 643. The molecule has 0 aliphatic rings. The van der Waals surface area contributed by atoms with Gasteiger partial charge in [0.2, 0.25) is 0 Å². The molecular formula is C16H16ClNO3. The van der Waals surface area contributed by atoms with E-state index in [0.717, 1.165) is 5.56 Å². The smallest absolute Gasteiger partial charge is 0.344 e. The van der Waals surface area contributed by atoms with Crippen LogP contribution in [0.15, 0.2) is 42.5 Å². The molecule has 0 aromatic heterocycles. The van der Waals surface area contributed by atoms with E-state index in [-0.39, 0.29) is 12.2 Å². The fourth-order valence-corrected chi connectivity index (χ4v) is 2.10. The lowest BCUT2D eigenvalue weighted by Gasteiger charge is -2.12. The first-order valence-electron chi connectivity index (χ1n) is 6.54. The summed E-state index contributed by atoms with van der Waals surface area (Å²) in [6, 6.07) is 12.2. The normalized spacial score (nSPS) is 10.2. The van der Waals surface area contributed by atoms with Gasteiger partial charge in [-0.15, -0.1) is 0 Å². The first-order chi connectivity index (χ1) is 10.1. The molecule has 5 heteroatoms. The molecule has 0 saturated carbocycles. The number of hydrogen-bond donors (Lipinski definition) is 1. The van der Waals surface area contributed by atoms with Crippen LogP contribution in [0, 0.1) is 0 Å². The van der Waals surface area contributed by atoms with Gasteiger partial charge in [-0.1, -0.05) is 29.8 Å². The lowest BCUT2D eigenvalue weighted by atomic mass is 10.1. The second-order valence-electron chi connectivity index (χ2n) is 4.36. The number of nitrogens with two attached hydrogens (primary N) is 1. The van der Waals surface area contributed by atoms with Crippen molar-refractivity contribution in [1.29, 1.82) is 0 Å². The summed E-state index contributed by atoms with van der Waals surface area (Å²) in [6.07, 6.45) is 0. The highest BCUT2D eigenvalue weighted by Crippen LogP contribution is 2.25. The molecule has 0 atom stereocenters. The lowest BCUT2D eigenvalue weighted by Crippen LogP contribution is -2.11. The van der Waals surface area contributed by atoms with Gasteiger partial charge in [0.25, 0.3) is 0 Å². The number of rotatable bonds is 5. The van der Waals surface area contributed by atoms with Crippen molar-refractivity contribution < 1.29 is 14.3 Å². The summed E-state index contributed by atoms with van der Waals surface area (Å²) in [5, 5.41) is 0.595. The Morgan fingerprint density at radius 2 is 2.00 bits per heavy atom. The molecule has 4 nitrogen and oxygen atoms in total. The highest BCUT2D eigenvalue weighted by Gasteiger charge is 2.17. The van der Waals surface area contributed by atoms with Crippen LogP contribution in [-0.4, -0.2) is 12.6 Å². The van der Waals surface area contributed by atoms with Crippen LogP contribution in [0.4, 0.5) is 5.69 Å². The number of benzene rings is 2. The van der Waals surface area contributed by atoms with Crippen LogP contribution in [0.1, 0.15) is 22.8 Å². The molecular weight excluding hydrogens is 290 g/mol. The maximum atomic E-state index is 12.2. The number of carbonyl (C=O) groups is 1. The SMILES string of the molecule is CCOc1cccc(N)c1C(=O)OCc1cccc(Cl)c1. The standard InChI is InChI=1S/C16H16ClNO3/c1-2-20-14-8-4-7-13(18)15(14)16(19)21-10-11-5-3-6-12(17)9-11/h3-9H,2,10,18H2,1H3. The van der Waals surface area contributed by atoms with Gasteiger partial charge in [0.05, 0.1) is 6.61 Å². The van der Waals surface area contributed by atoms with Crippen molar-refractivity contribution in [2.75, 3.05) is 12.3 Å². The van der Waals surface area contributed by atoms with Crippen LogP contribution in [0.3, 0.4) is 0 Å². The Balaban J connectivity index is 2.13. The highest BCUT2D eigenvalue weighted by molar-refractivity contribution is 6.30. The Hall–Kier alpha value is -2.20. The molecule has 0 fully saturated rings. The van der Waals surface area contributed by atoms with Gasteiger partial charge in [-0.2, -0.15) is 0 Å². The number of carbonyl (C=O) groups excluding carboxylic acids is 1. The van der Waals surface area contributed by atoms with Crippen LogP contribution in [0.25, 0.3) is 0 Å². The zero-order valence-corrected chi connectivity index (χ0v) is 12.4. The summed E-state index contributed by atoms with van der Waals surface area (Å²) in [5.41, 5.74) is 7.23. The van der Waals surface area contributed by atoms with Gasteiger partial charge < -0.3 is 15.2 Å². The van der Waals surface area contributed by atoms with Crippen molar-refractivity contribution in [2.24, 2.45) is 0 Å². The molecule has 0 amide bonds. The molecule has 21 heavy (non-hydrogen) atoms. The van der Waals surface area contributed by atoms with Crippen LogP contribution in [0.2, 0.25) is 5.02 Å². The Morgan fingerprint density at radius 1 is 1.24 bits per heavy atom. The van der Waals surface area contributed by atoms with E-state index in [2.05, 4.69) is 0 Å². The Labute approximate surface area is 128 Å². The third kappa shape index (κ3) is 3.89. The van der Waals surface area contributed by atoms with Crippen molar-refractivity contribution in [3.63, 3.8) is 0 Å². The van der Waals surface area contributed by atoms with Crippen LogP contribution >= 0.6 is 11.6 Å². The van der Waals surface area contributed by atoms with E-state index in [4.69, 9.17) is 26.8 Å². The van der Waals surface area contributed by atoms with Gasteiger partial charge in [0.1, 0.15) is 17.9 Å². The minimum absolute atomic E-state index is 0.124. The molecule has 0 saturated heterocycles. The monoisotopic (exact) mass is 305 g/mol. The molecule has 0 heterocycles. The second-order valence-corrected chi connectivity index (χ2v) is 4.80. The Morgan fingerprint density at radius 3 is 2.71 bits per heavy atom. The van der Waals surface area contributed by atoms with E-state index in [0.29, 0.717) is 23.1 Å². The average Bonchev–Trinajstić information content (AvgIpc) is 2.45. The molecule has 0 aliphatic carbocycles. The zero-order chi connectivity index (χ0) is 15.2. The molecule has 0 bridgehead atoms. The number of anilines is 1. The van der Waals surface area contributed by atoms with Crippen molar-refractivity contribution in [1.82, 2.24) is 0 Å². The number of halogens is 1. The van der Waals surface area contributed by atoms with Gasteiger partial charge in [0.15, 0.2) is 0 Å². The van der Waals surface area contributed by atoms with Crippen LogP contribution in [-0.2, 0) is 11.3 Å². The van der Waals surface area contributed by atoms with E-state index in [1.165, 1.54) is 0 Å². The first kappa shape index (κ1) is 15.2. The van der Waals surface area contributed by atoms with E-state index in [9.17, 15) is 4.79 Å². The fourth-order valence-electron chi connectivity index (χ4n) is 1.89. The van der Waals surface area contributed by atoms with Gasteiger partial charge in [-0.25, -0.2) is 4.79 Å². The Kier molecular flexibility index (Phi) is 5.06. The molecule has 0 radical (unpaired) electrons. The quantitative estimate of drug-likeness (QED) is 0.676.